The Kier molecular flexibility index (Phi) is 3.16. The van der Waals surface area contributed by atoms with Gasteiger partial charge in [0.05, 0.1) is 5.60 Å². The Morgan fingerprint density at radius 3 is 2.42 bits per heavy atom. The molecule has 0 radical (unpaired) electrons. The lowest BCUT2D eigenvalue weighted by molar-refractivity contribution is -0.00299. The van der Waals surface area contributed by atoms with Crippen molar-refractivity contribution in [3.05, 3.63) is 0 Å². The van der Waals surface area contributed by atoms with Crippen molar-refractivity contribution >= 4 is 8.56 Å². The van der Waals surface area contributed by atoms with E-state index in [0.717, 1.165) is 6.42 Å². The minimum absolute atomic E-state index is 0.137. The van der Waals surface area contributed by atoms with Crippen LogP contribution in [0, 0.1) is 0 Å². The molecule has 0 fully saturated rings. The van der Waals surface area contributed by atoms with Gasteiger partial charge in [-0.2, -0.15) is 0 Å². The third-order valence-electron chi connectivity index (χ3n) is 1.31. The van der Waals surface area contributed by atoms with E-state index in [2.05, 4.69) is 9.60 Å². The second kappa shape index (κ2) is 4.37. The average molecular weight is 196 g/mol. The van der Waals surface area contributed by atoms with Crippen molar-refractivity contribution in [1.82, 2.24) is 0 Å². The Morgan fingerprint density at radius 2 is 2.00 bits per heavy atom. The fourth-order valence-corrected chi connectivity index (χ4v) is 1.56. The fraction of sp³-hybridized carbons (Fsp3) is 1.00. The maximum Gasteiger partial charge on any atom is 0.329 e. The second-order valence-corrected chi connectivity index (χ2v) is 6.97. The van der Waals surface area contributed by atoms with Gasteiger partial charge in [0.15, 0.2) is 2.86 Å². The maximum absolute atomic E-state index is 6.79. The summed E-state index contributed by atoms with van der Waals surface area (Å²) in [4.78, 5) is 8.89. The molecular formula is C8H20O3Si. The molecule has 0 heterocycles. The molecule has 0 unspecified atom stereocenters. The lowest BCUT2D eigenvalue weighted by atomic mass is 10.2. The Morgan fingerprint density at radius 1 is 1.42 bits per heavy atom. The van der Waals surface area contributed by atoms with E-state index in [1.165, 1.54) is 0 Å². The molecule has 0 aliphatic carbocycles. The van der Waals surface area contributed by atoms with Crippen molar-refractivity contribution in [3.63, 3.8) is 0 Å². The summed E-state index contributed by atoms with van der Waals surface area (Å²) in [6.07, 6.45) is 0.762. The average Bonchev–Trinajstić information content (AvgIpc) is 2.11. The molecule has 74 valence electrons. The zero-order valence-electron chi connectivity index (χ0n) is 10.3. The molecule has 0 saturated heterocycles. The molecule has 0 aromatic carbocycles. The number of hydrogen-bond donors (Lipinski definition) is 2. The third-order valence-corrected chi connectivity index (χ3v) is 2.57. The second-order valence-electron chi connectivity index (χ2n) is 4.20. The van der Waals surface area contributed by atoms with Gasteiger partial charge in [-0.1, -0.05) is 0 Å². The van der Waals surface area contributed by atoms with Crippen LogP contribution in [-0.2, 0) is 4.74 Å². The molecule has 0 atom stereocenters. The molecular weight excluding hydrogens is 172 g/mol. The Balaban J connectivity index is 3.63. The largest absolute Gasteiger partial charge is 0.411 e. The molecule has 0 aliphatic heterocycles. The standard InChI is InChI=1S/C8H20O3Si/c1-8(2,3)11-6-5-7-12(4,9)10/h9-10H,5-7H2,1-4H3/i9T,10T. The molecule has 12 heavy (non-hydrogen) atoms. The van der Waals surface area contributed by atoms with E-state index in [4.69, 9.17) is 7.60 Å². The maximum atomic E-state index is 6.79. The van der Waals surface area contributed by atoms with E-state index >= 15 is 0 Å². The van der Waals surface area contributed by atoms with Crippen molar-refractivity contribution in [2.45, 2.75) is 45.4 Å². The highest BCUT2D eigenvalue weighted by Crippen LogP contribution is 2.10. The SMILES string of the molecule is [3H]O[Si](C)(CCCOC(C)(C)C)O[3H]. The van der Waals surface area contributed by atoms with E-state index in [0.29, 0.717) is 12.7 Å². The Hall–Kier alpha value is 0.0969. The molecule has 0 bridgehead atoms. The van der Waals surface area contributed by atoms with Crippen LogP contribution >= 0.6 is 0 Å². The molecule has 0 spiro atoms. The lowest BCUT2D eigenvalue weighted by Gasteiger charge is -2.20. The Labute approximate surface area is 78.6 Å². The minimum atomic E-state index is -2.54. The lowest BCUT2D eigenvalue weighted by Crippen LogP contribution is -2.30. The minimum Gasteiger partial charge on any atom is -0.411 e. The molecule has 0 aliphatic rings. The van der Waals surface area contributed by atoms with Crippen LogP contribution in [0.15, 0.2) is 0 Å². The van der Waals surface area contributed by atoms with Gasteiger partial charge >= 0.3 is 8.56 Å². The van der Waals surface area contributed by atoms with Gasteiger partial charge in [0.25, 0.3) is 0 Å². The molecule has 0 aromatic rings. The summed E-state index contributed by atoms with van der Waals surface area (Å²) in [5.41, 5.74) is -0.137. The zero-order valence-corrected chi connectivity index (χ0v) is 9.35. The predicted molar refractivity (Wildman–Crippen MR) is 51.2 cm³/mol. The molecule has 4 heteroatoms. The molecule has 0 saturated carbocycles. The van der Waals surface area contributed by atoms with Gasteiger partial charge in [-0.3, -0.25) is 0 Å². The highest BCUT2D eigenvalue weighted by Gasteiger charge is 2.20. The van der Waals surface area contributed by atoms with Crippen LogP contribution < -0.4 is 0 Å². The van der Waals surface area contributed by atoms with E-state index in [9.17, 15) is 0 Å². The van der Waals surface area contributed by atoms with E-state index < -0.39 is 8.56 Å². The van der Waals surface area contributed by atoms with Gasteiger partial charge in [-0.05, 0) is 39.8 Å². The third kappa shape index (κ3) is 10.1. The van der Waals surface area contributed by atoms with Crippen molar-refractivity contribution < 1.29 is 14.3 Å². The first-order valence-electron chi connectivity index (χ1n) is 5.07. The highest BCUT2D eigenvalue weighted by molar-refractivity contribution is 6.63. The summed E-state index contributed by atoms with van der Waals surface area (Å²) < 4.78 is 19.1. The van der Waals surface area contributed by atoms with Crippen LogP contribution in [-0.4, -0.2) is 33.2 Å². The first-order valence-corrected chi connectivity index (χ1v) is 6.78. The van der Waals surface area contributed by atoms with Crippen LogP contribution in [0.1, 0.15) is 27.2 Å². The molecule has 3 nitrogen and oxygen atoms in total. The van der Waals surface area contributed by atoms with Crippen molar-refractivity contribution in [2.24, 2.45) is 0 Å². The number of rotatable bonds is 6. The van der Waals surface area contributed by atoms with Gasteiger partial charge in [0, 0.05) is 6.61 Å². The first-order chi connectivity index (χ1) is 6.33. The summed E-state index contributed by atoms with van der Waals surface area (Å²) in [7, 11) is -2.54. The van der Waals surface area contributed by atoms with Crippen LogP contribution in [0.3, 0.4) is 0 Å². The van der Waals surface area contributed by atoms with Crippen LogP contribution in [0.4, 0.5) is 0 Å². The van der Waals surface area contributed by atoms with Gasteiger partial charge in [0.2, 0.25) is 0 Å². The smallest absolute Gasteiger partial charge is 0.329 e. The number of hydrogen-bond acceptors (Lipinski definition) is 3. The topological polar surface area (TPSA) is 49.7 Å². The van der Waals surface area contributed by atoms with Crippen LogP contribution in [0.25, 0.3) is 0 Å². The van der Waals surface area contributed by atoms with Gasteiger partial charge < -0.3 is 14.3 Å². The monoisotopic (exact) mass is 196 g/mol. The zero-order chi connectivity index (χ0) is 11.2. The summed E-state index contributed by atoms with van der Waals surface area (Å²) >= 11 is 0. The van der Waals surface area contributed by atoms with E-state index in [1.807, 2.05) is 20.8 Å². The Bertz CT molecular complexity index is 157. The molecule has 0 amide bonds. The summed E-state index contributed by atoms with van der Waals surface area (Å²) in [6.45, 7) is 8.28. The quantitative estimate of drug-likeness (QED) is 0.496. The van der Waals surface area contributed by atoms with Crippen molar-refractivity contribution in [1.29, 1.82) is 2.86 Å². The van der Waals surface area contributed by atoms with Crippen LogP contribution in [0.5, 0.6) is 0 Å². The van der Waals surface area contributed by atoms with Crippen molar-refractivity contribution in [2.75, 3.05) is 6.61 Å². The van der Waals surface area contributed by atoms with Crippen molar-refractivity contribution in [3.8, 4) is 0 Å². The normalized spacial score (nSPS) is 15.7. The highest BCUT2D eigenvalue weighted by atomic mass is 28.4. The first kappa shape index (κ1) is 8.68. The molecule has 2 N–H and O–H groups in total. The van der Waals surface area contributed by atoms with E-state index in [1.54, 1.807) is 6.55 Å². The van der Waals surface area contributed by atoms with Gasteiger partial charge in [0.1, 0.15) is 0 Å². The van der Waals surface area contributed by atoms with Gasteiger partial charge in [-0.15, -0.1) is 0 Å². The summed E-state index contributed by atoms with van der Waals surface area (Å²) in [5, 5.41) is 0. The summed E-state index contributed by atoms with van der Waals surface area (Å²) in [6, 6.07) is 0.607. The predicted octanol–water partition coefficient (Wildman–Crippen LogP) is 1.25. The fourth-order valence-electron chi connectivity index (χ4n) is 0.772. The molecule has 0 rings (SSSR count). The van der Waals surface area contributed by atoms with Gasteiger partial charge in [-0.25, -0.2) is 0 Å². The van der Waals surface area contributed by atoms with E-state index in [-0.39, 0.29) is 5.60 Å². The number of ether oxygens (including phenoxy) is 1. The van der Waals surface area contributed by atoms with Crippen LogP contribution in [0.2, 0.25) is 12.6 Å². The molecule has 0 aromatic heterocycles. The summed E-state index contributed by atoms with van der Waals surface area (Å²) in [5.74, 6) is 0.